The molecular formula is C30H36N4O6. The van der Waals surface area contributed by atoms with Gasteiger partial charge in [-0.05, 0) is 50.8 Å². The molecule has 40 heavy (non-hydrogen) atoms. The Hall–Kier alpha value is -3.66. The molecule has 5 atom stereocenters. The van der Waals surface area contributed by atoms with E-state index < -0.39 is 29.1 Å². The van der Waals surface area contributed by atoms with Crippen molar-refractivity contribution in [2.75, 3.05) is 19.0 Å². The van der Waals surface area contributed by atoms with E-state index in [-0.39, 0.29) is 29.6 Å². The summed E-state index contributed by atoms with van der Waals surface area (Å²) in [5.41, 5.74) is -1.25. The van der Waals surface area contributed by atoms with Crippen molar-refractivity contribution in [3.05, 3.63) is 53.8 Å². The Morgan fingerprint density at radius 2 is 1.88 bits per heavy atom. The van der Waals surface area contributed by atoms with Crippen molar-refractivity contribution in [2.45, 2.75) is 75.7 Å². The Balaban J connectivity index is 1.31. The summed E-state index contributed by atoms with van der Waals surface area (Å²) in [6.45, 7) is 3.86. The van der Waals surface area contributed by atoms with E-state index in [1.54, 1.807) is 31.9 Å². The van der Waals surface area contributed by atoms with Crippen LogP contribution in [0.4, 0.5) is 5.82 Å². The van der Waals surface area contributed by atoms with Crippen molar-refractivity contribution in [2.24, 2.45) is 11.8 Å². The SMILES string of the molecule is COc1ccc(CCN2C(=O)[C@H]3[C@@H](C(=O)Nc4cc(C)on4)[C@]4(C)C=C[C@]3(O4)[C@H]2C(=O)NC2CCCCC2)cc1. The van der Waals surface area contributed by atoms with E-state index in [0.29, 0.717) is 18.7 Å². The Bertz CT molecular complexity index is 1330. The minimum atomic E-state index is -1.23. The van der Waals surface area contributed by atoms with Crippen LogP contribution in [0.3, 0.4) is 0 Å². The van der Waals surface area contributed by atoms with Gasteiger partial charge in [-0.1, -0.05) is 48.7 Å². The van der Waals surface area contributed by atoms with Crippen molar-refractivity contribution in [1.82, 2.24) is 15.4 Å². The largest absolute Gasteiger partial charge is 0.497 e. The van der Waals surface area contributed by atoms with E-state index in [4.69, 9.17) is 14.0 Å². The summed E-state index contributed by atoms with van der Waals surface area (Å²) in [6.07, 6.45) is 9.38. The Labute approximate surface area is 233 Å². The number of nitrogens with one attached hydrogen (secondary N) is 2. The molecule has 1 aromatic carbocycles. The van der Waals surface area contributed by atoms with Gasteiger partial charge < -0.3 is 29.5 Å². The van der Waals surface area contributed by atoms with Crippen molar-refractivity contribution >= 4 is 23.5 Å². The number of aryl methyl sites for hydroxylation is 1. The van der Waals surface area contributed by atoms with E-state index in [1.165, 1.54) is 6.42 Å². The van der Waals surface area contributed by atoms with E-state index in [0.717, 1.165) is 37.0 Å². The molecule has 6 rings (SSSR count). The fourth-order valence-corrected chi connectivity index (χ4v) is 7.07. The number of amides is 3. The highest BCUT2D eigenvalue weighted by Gasteiger charge is 2.76. The summed E-state index contributed by atoms with van der Waals surface area (Å²) in [5, 5.41) is 9.90. The van der Waals surface area contributed by atoms with E-state index in [1.807, 2.05) is 36.4 Å². The van der Waals surface area contributed by atoms with E-state index in [2.05, 4.69) is 15.8 Å². The number of hydrogen-bond donors (Lipinski definition) is 2. The lowest BCUT2D eigenvalue weighted by molar-refractivity contribution is -0.144. The third kappa shape index (κ3) is 4.38. The zero-order chi connectivity index (χ0) is 28.1. The van der Waals surface area contributed by atoms with Gasteiger partial charge in [0.05, 0.1) is 24.5 Å². The average Bonchev–Trinajstić information content (AvgIpc) is 3.65. The number of rotatable bonds is 8. The molecule has 2 bridgehead atoms. The summed E-state index contributed by atoms with van der Waals surface area (Å²) in [7, 11) is 1.62. The minimum Gasteiger partial charge on any atom is -0.497 e. The number of benzene rings is 1. The third-order valence-electron chi connectivity index (χ3n) is 8.96. The molecule has 0 radical (unpaired) electrons. The van der Waals surface area contributed by atoms with Gasteiger partial charge in [-0.15, -0.1) is 0 Å². The molecule has 10 nitrogen and oxygen atoms in total. The first-order valence-electron chi connectivity index (χ1n) is 14.1. The summed E-state index contributed by atoms with van der Waals surface area (Å²) in [5.74, 6) is -0.945. The molecular weight excluding hydrogens is 512 g/mol. The monoisotopic (exact) mass is 548 g/mol. The van der Waals surface area contributed by atoms with Gasteiger partial charge in [-0.25, -0.2) is 0 Å². The second kappa shape index (κ2) is 10.1. The fourth-order valence-electron chi connectivity index (χ4n) is 7.07. The van der Waals surface area contributed by atoms with Crippen LogP contribution in [0, 0.1) is 18.8 Å². The molecule has 4 aliphatic rings. The molecule has 10 heteroatoms. The van der Waals surface area contributed by atoms with Gasteiger partial charge in [-0.3, -0.25) is 14.4 Å². The first kappa shape index (κ1) is 26.6. The van der Waals surface area contributed by atoms with Gasteiger partial charge in [0.1, 0.15) is 23.2 Å². The molecule has 3 aliphatic heterocycles. The molecule has 2 N–H and O–H groups in total. The number of anilines is 1. The lowest BCUT2D eigenvalue weighted by atomic mass is 9.70. The standard InChI is InChI=1S/C30H36N4O6/c1-18-17-22(33-39-18)32-26(35)23-24-28(37)34(16-13-19-9-11-21(38-3)12-10-19)25(30(24)15-14-29(23,2)40-30)27(36)31-20-7-5-4-6-8-20/h9-12,14-15,17,20,23-25H,4-8,13,16H2,1-3H3,(H,31,36)(H,32,33,35)/t23-,24+,25+,29-,30+/m0/s1. The van der Waals surface area contributed by atoms with Crippen molar-refractivity contribution in [3.8, 4) is 5.75 Å². The van der Waals surface area contributed by atoms with Crippen LogP contribution >= 0.6 is 0 Å². The second-order valence-corrected chi connectivity index (χ2v) is 11.6. The number of carbonyl (C=O) groups excluding carboxylic acids is 3. The maximum absolute atomic E-state index is 14.2. The van der Waals surface area contributed by atoms with Gasteiger partial charge in [0.15, 0.2) is 5.82 Å². The van der Waals surface area contributed by atoms with E-state index >= 15 is 0 Å². The summed E-state index contributed by atoms with van der Waals surface area (Å²) in [6, 6.07) is 8.48. The van der Waals surface area contributed by atoms with E-state index in [9.17, 15) is 14.4 Å². The highest BCUT2D eigenvalue weighted by Crippen LogP contribution is 2.59. The first-order chi connectivity index (χ1) is 19.2. The molecule has 1 aliphatic carbocycles. The number of methoxy groups -OCH3 is 1. The minimum absolute atomic E-state index is 0.0721. The molecule has 1 saturated carbocycles. The van der Waals surface area contributed by atoms with Crippen molar-refractivity contribution < 1.29 is 28.4 Å². The highest BCUT2D eigenvalue weighted by molar-refractivity contribution is 6.03. The molecule has 2 aromatic rings. The van der Waals surface area contributed by atoms with Gasteiger partial charge in [0.2, 0.25) is 17.7 Å². The van der Waals surface area contributed by atoms with Gasteiger partial charge in [0, 0.05) is 18.7 Å². The van der Waals surface area contributed by atoms with Crippen LogP contribution in [-0.2, 0) is 25.5 Å². The second-order valence-electron chi connectivity index (χ2n) is 11.6. The first-order valence-corrected chi connectivity index (χ1v) is 14.1. The Morgan fingerprint density at radius 1 is 1.12 bits per heavy atom. The molecule has 4 heterocycles. The number of ether oxygens (including phenoxy) is 2. The van der Waals surface area contributed by atoms with Crippen LogP contribution in [0.5, 0.6) is 5.75 Å². The topological polar surface area (TPSA) is 123 Å². The Morgan fingerprint density at radius 3 is 2.55 bits per heavy atom. The quantitative estimate of drug-likeness (QED) is 0.486. The molecule has 3 fully saturated rings. The normalized spacial score (nSPS) is 30.9. The zero-order valence-corrected chi connectivity index (χ0v) is 23.1. The van der Waals surface area contributed by atoms with Crippen molar-refractivity contribution in [3.63, 3.8) is 0 Å². The summed E-state index contributed by atoms with van der Waals surface area (Å²) >= 11 is 0. The maximum Gasteiger partial charge on any atom is 0.246 e. The molecule has 0 unspecified atom stereocenters. The lowest BCUT2D eigenvalue weighted by Gasteiger charge is -2.34. The highest BCUT2D eigenvalue weighted by atomic mass is 16.5. The van der Waals surface area contributed by atoms with Gasteiger partial charge >= 0.3 is 0 Å². The van der Waals surface area contributed by atoms with Crippen LogP contribution in [-0.4, -0.2) is 64.7 Å². The van der Waals surface area contributed by atoms with Crippen LogP contribution in [0.15, 0.2) is 47.0 Å². The number of fused-ring (bicyclic) bond motifs is 1. The molecule has 212 valence electrons. The predicted octanol–water partition coefficient (Wildman–Crippen LogP) is 3.16. The number of aromatic nitrogens is 1. The van der Waals surface area contributed by atoms with Crippen molar-refractivity contribution in [1.29, 1.82) is 0 Å². The molecule has 1 spiro atoms. The summed E-state index contributed by atoms with van der Waals surface area (Å²) < 4.78 is 17.0. The number of carbonyl (C=O) groups is 3. The average molecular weight is 549 g/mol. The summed E-state index contributed by atoms with van der Waals surface area (Å²) in [4.78, 5) is 43.5. The lowest BCUT2D eigenvalue weighted by Crippen LogP contribution is -2.57. The molecule has 3 amide bonds. The molecule has 1 aromatic heterocycles. The number of likely N-dealkylation sites (tertiary alicyclic amines) is 1. The zero-order valence-electron chi connectivity index (χ0n) is 23.1. The smallest absolute Gasteiger partial charge is 0.246 e. The predicted molar refractivity (Wildman–Crippen MR) is 145 cm³/mol. The third-order valence-corrected chi connectivity index (χ3v) is 8.96. The van der Waals surface area contributed by atoms with Crippen LogP contribution < -0.4 is 15.4 Å². The van der Waals surface area contributed by atoms with Crippen LogP contribution in [0.1, 0.15) is 50.4 Å². The van der Waals surface area contributed by atoms with Crippen LogP contribution in [0.25, 0.3) is 0 Å². The maximum atomic E-state index is 14.2. The van der Waals surface area contributed by atoms with Crippen LogP contribution in [0.2, 0.25) is 0 Å². The number of hydrogen-bond acceptors (Lipinski definition) is 7. The fraction of sp³-hybridized carbons (Fsp3) is 0.533. The number of nitrogens with zero attached hydrogens (tertiary/aromatic N) is 2. The molecule has 2 saturated heterocycles. The van der Waals surface area contributed by atoms with Gasteiger partial charge in [-0.2, -0.15) is 0 Å². The Kier molecular flexibility index (Phi) is 6.68. The van der Waals surface area contributed by atoms with Gasteiger partial charge in [0.25, 0.3) is 0 Å².